The lowest BCUT2D eigenvalue weighted by Crippen LogP contribution is -2.15. The number of aromatic nitrogens is 3. The van der Waals surface area contributed by atoms with Crippen molar-refractivity contribution in [3.63, 3.8) is 0 Å². The molecule has 1 N–H and O–H groups in total. The molecule has 1 saturated heterocycles. The second-order valence-corrected chi connectivity index (χ2v) is 7.69. The predicted octanol–water partition coefficient (Wildman–Crippen LogP) is 4.58. The van der Waals surface area contributed by atoms with Gasteiger partial charge in [0.25, 0.3) is 6.43 Å². The first-order valence-electron chi connectivity index (χ1n) is 9.72. The number of alkyl halides is 2. The zero-order valence-electron chi connectivity index (χ0n) is 16.7. The topological polar surface area (TPSA) is 78.4 Å². The van der Waals surface area contributed by atoms with Crippen molar-refractivity contribution in [1.29, 1.82) is 5.26 Å². The van der Waals surface area contributed by atoms with Crippen LogP contribution in [0.4, 0.5) is 8.78 Å². The van der Waals surface area contributed by atoms with E-state index in [0.717, 1.165) is 29.8 Å². The van der Waals surface area contributed by atoms with Crippen LogP contribution in [0.25, 0.3) is 11.7 Å². The van der Waals surface area contributed by atoms with E-state index in [0.29, 0.717) is 23.0 Å². The SMILES string of the molecule is C=CN=C1C=C(Cl)C=C/C1=C\c1c(C)nc2c(C#N)c(C(F)F)nn2c1[C@@H]1CCNC1. The number of nitrogens with zero attached hydrogens (tertiary/aromatic N) is 5. The Morgan fingerprint density at radius 1 is 1.45 bits per heavy atom. The number of hydrogen-bond donors (Lipinski definition) is 1. The summed E-state index contributed by atoms with van der Waals surface area (Å²) < 4.78 is 28.6. The van der Waals surface area contributed by atoms with Crippen LogP contribution < -0.4 is 5.32 Å². The first kappa shape index (κ1) is 21.1. The van der Waals surface area contributed by atoms with E-state index in [1.54, 1.807) is 19.1 Å². The van der Waals surface area contributed by atoms with Crippen LogP contribution in [0.1, 0.15) is 47.0 Å². The third-order valence-corrected chi connectivity index (χ3v) is 5.58. The Morgan fingerprint density at radius 3 is 2.90 bits per heavy atom. The molecule has 1 aliphatic heterocycles. The van der Waals surface area contributed by atoms with E-state index in [-0.39, 0.29) is 17.1 Å². The lowest BCUT2D eigenvalue weighted by molar-refractivity contribution is 0.145. The molecule has 0 radical (unpaired) electrons. The maximum absolute atomic E-state index is 13.6. The molecule has 2 aromatic heterocycles. The van der Waals surface area contributed by atoms with Crippen molar-refractivity contribution in [2.75, 3.05) is 13.1 Å². The minimum atomic E-state index is -2.87. The summed E-state index contributed by atoms with van der Waals surface area (Å²) >= 11 is 6.12. The number of halogens is 3. The van der Waals surface area contributed by atoms with Crippen molar-refractivity contribution in [2.45, 2.75) is 25.7 Å². The molecular formula is C22H19ClF2N6. The average Bonchev–Trinajstić information content (AvgIpc) is 3.38. The first-order chi connectivity index (χ1) is 14.9. The van der Waals surface area contributed by atoms with Crippen LogP contribution in [-0.4, -0.2) is 33.4 Å². The number of rotatable bonds is 4. The van der Waals surface area contributed by atoms with Crippen LogP contribution in [0.3, 0.4) is 0 Å². The van der Waals surface area contributed by atoms with Gasteiger partial charge in [-0.05, 0) is 38.1 Å². The van der Waals surface area contributed by atoms with E-state index in [1.165, 1.54) is 10.7 Å². The predicted molar refractivity (Wildman–Crippen MR) is 116 cm³/mol. The highest BCUT2D eigenvalue weighted by atomic mass is 35.5. The molecule has 3 heterocycles. The van der Waals surface area contributed by atoms with Gasteiger partial charge in [-0.1, -0.05) is 24.3 Å². The van der Waals surface area contributed by atoms with Crippen molar-refractivity contribution in [2.24, 2.45) is 4.99 Å². The fourth-order valence-electron chi connectivity index (χ4n) is 3.94. The Bertz CT molecular complexity index is 1220. The monoisotopic (exact) mass is 440 g/mol. The molecule has 0 saturated carbocycles. The molecule has 31 heavy (non-hydrogen) atoms. The van der Waals surface area contributed by atoms with Crippen LogP contribution in [0.15, 0.2) is 46.6 Å². The van der Waals surface area contributed by atoms with Gasteiger partial charge in [-0.25, -0.2) is 18.3 Å². The molecule has 0 bridgehead atoms. The Labute approximate surface area is 182 Å². The molecule has 1 atom stereocenters. The van der Waals surface area contributed by atoms with E-state index in [9.17, 15) is 14.0 Å². The maximum atomic E-state index is 13.6. The molecule has 0 amide bonds. The molecule has 2 aliphatic rings. The average molecular weight is 441 g/mol. The molecule has 1 aliphatic carbocycles. The number of aryl methyl sites for hydroxylation is 1. The van der Waals surface area contributed by atoms with E-state index in [1.807, 2.05) is 18.2 Å². The molecule has 1 fully saturated rings. The molecular weight excluding hydrogens is 422 g/mol. The first-order valence-corrected chi connectivity index (χ1v) is 10.1. The number of aliphatic imine (C=N–C) groups is 1. The second kappa shape index (κ2) is 8.53. The van der Waals surface area contributed by atoms with Crippen molar-refractivity contribution >= 4 is 29.0 Å². The van der Waals surface area contributed by atoms with Crippen LogP contribution in [0.5, 0.6) is 0 Å². The van der Waals surface area contributed by atoms with Gasteiger partial charge in [0.15, 0.2) is 5.65 Å². The summed E-state index contributed by atoms with van der Waals surface area (Å²) in [6, 6.07) is 1.85. The Kier molecular flexibility index (Phi) is 5.81. The Morgan fingerprint density at radius 2 is 2.26 bits per heavy atom. The molecule has 2 aromatic rings. The molecule has 0 aromatic carbocycles. The fraction of sp³-hybridized carbons (Fsp3) is 0.273. The van der Waals surface area contributed by atoms with Crippen LogP contribution in [-0.2, 0) is 0 Å². The normalized spacial score (nSPS) is 21.3. The minimum Gasteiger partial charge on any atom is -0.316 e. The van der Waals surface area contributed by atoms with Crippen molar-refractivity contribution < 1.29 is 8.78 Å². The number of fused-ring (bicyclic) bond motifs is 1. The van der Waals surface area contributed by atoms with E-state index >= 15 is 0 Å². The molecule has 0 spiro atoms. The number of nitriles is 1. The molecule has 158 valence electrons. The van der Waals surface area contributed by atoms with Crippen LogP contribution >= 0.6 is 11.6 Å². The third-order valence-electron chi connectivity index (χ3n) is 5.34. The summed E-state index contributed by atoms with van der Waals surface area (Å²) in [6.07, 6.45) is 6.60. The molecule has 6 nitrogen and oxygen atoms in total. The highest BCUT2D eigenvalue weighted by Crippen LogP contribution is 2.33. The Balaban J connectivity index is 2.01. The summed E-state index contributed by atoms with van der Waals surface area (Å²) in [5, 5.41) is 17.5. The lowest BCUT2D eigenvalue weighted by atomic mass is 9.94. The highest BCUT2D eigenvalue weighted by Gasteiger charge is 2.29. The van der Waals surface area contributed by atoms with Crippen LogP contribution in [0.2, 0.25) is 0 Å². The van der Waals surface area contributed by atoms with Gasteiger partial charge in [-0.15, -0.1) is 0 Å². The van der Waals surface area contributed by atoms with Crippen molar-refractivity contribution in [3.05, 3.63) is 69.8 Å². The molecule has 4 rings (SSSR count). The summed E-state index contributed by atoms with van der Waals surface area (Å²) in [7, 11) is 0. The van der Waals surface area contributed by atoms with Crippen LogP contribution in [0, 0.1) is 18.3 Å². The highest BCUT2D eigenvalue weighted by molar-refractivity contribution is 6.35. The third kappa shape index (κ3) is 3.82. The zero-order chi connectivity index (χ0) is 22.1. The van der Waals surface area contributed by atoms with Gasteiger partial charge < -0.3 is 5.32 Å². The van der Waals surface area contributed by atoms with E-state index < -0.39 is 12.1 Å². The second-order valence-electron chi connectivity index (χ2n) is 7.25. The van der Waals surface area contributed by atoms with Gasteiger partial charge >= 0.3 is 0 Å². The summed E-state index contributed by atoms with van der Waals surface area (Å²) in [4.78, 5) is 8.78. The maximum Gasteiger partial charge on any atom is 0.283 e. The molecule has 0 unspecified atom stereocenters. The van der Waals surface area contributed by atoms with E-state index in [4.69, 9.17) is 11.6 Å². The Hall–Kier alpha value is -3.15. The van der Waals surface area contributed by atoms with Crippen molar-refractivity contribution in [3.8, 4) is 6.07 Å². The van der Waals surface area contributed by atoms with Gasteiger partial charge in [0, 0.05) is 40.5 Å². The van der Waals surface area contributed by atoms with Gasteiger partial charge in [0.05, 0.1) is 11.4 Å². The number of nitrogens with one attached hydrogen (secondary N) is 1. The number of allylic oxidation sites excluding steroid dienone is 5. The molecule has 9 heteroatoms. The van der Waals surface area contributed by atoms with Gasteiger partial charge in [-0.3, -0.25) is 4.99 Å². The standard InChI is InChI=1S/C22H19ClF2N6/c1-3-28-18-9-15(23)5-4-13(18)8-16-12(2)29-22-17(10-26)19(21(24)25)30-31(22)20(16)14-6-7-27-11-14/h3-5,8-9,14,21,27H,1,6-7,11H2,2H3/b13-8+,28-18?/t14-/m1/s1. The fourth-order valence-corrected chi connectivity index (χ4v) is 4.11. The smallest absolute Gasteiger partial charge is 0.283 e. The quantitative estimate of drug-likeness (QED) is 0.754. The van der Waals surface area contributed by atoms with Gasteiger partial charge in [-0.2, -0.15) is 10.4 Å². The summed E-state index contributed by atoms with van der Waals surface area (Å²) in [6.45, 7) is 6.93. The summed E-state index contributed by atoms with van der Waals surface area (Å²) in [5.74, 6) is 0.0273. The van der Waals surface area contributed by atoms with Gasteiger partial charge in [0.2, 0.25) is 0 Å². The largest absolute Gasteiger partial charge is 0.316 e. The van der Waals surface area contributed by atoms with Gasteiger partial charge in [0.1, 0.15) is 17.3 Å². The minimum absolute atomic E-state index is 0.0273. The lowest BCUT2D eigenvalue weighted by Gasteiger charge is -2.18. The summed E-state index contributed by atoms with van der Waals surface area (Å²) in [5.41, 5.74) is 2.95. The van der Waals surface area contributed by atoms with Crippen molar-refractivity contribution in [1.82, 2.24) is 19.9 Å². The van der Waals surface area contributed by atoms with E-state index in [2.05, 4.69) is 27.0 Å². The zero-order valence-corrected chi connectivity index (χ0v) is 17.5. The number of hydrogen-bond acceptors (Lipinski definition) is 5.